The zero-order valence-corrected chi connectivity index (χ0v) is 16.1. The summed E-state index contributed by atoms with van der Waals surface area (Å²) in [5, 5.41) is 6.92. The molecule has 1 atom stereocenters. The van der Waals surface area contributed by atoms with Crippen molar-refractivity contribution in [2.45, 2.75) is 44.0 Å². The van der Waals surface area contributed by atoms with Gasteiger partial charge in [0.15, 0.2) is 5.16 Å². The van der Waals surface area contributed by atoms with E-state index in [-0.39, 0.29) is 11.2 Å². The normalized spacial score (nSPS) is 12.3. The highest BCUT2D eigenvalue weighted by Gasteiger charge is 2.19. The molecule has 0 bridgehead atoms. The van der Waals surface area contributed by atoms with Gasteiger partial charge in [-0.05, 0) is 37.5 Å². The first-order valence-corrected chi connectivity index (χ1v) is 9.36. The smallest absolute Gasteiger partial charge is 0.240 e. The Labute approximate surface area is 157 Å². The van der Waals surface area contributed by atoms with Gasteiger partial charge in [-0.25, -0.2) is 4.98 Å². The van der Waals surface area contributed by atoms with Crippen LogP contribution in [0.25, 0.3) is 5.69 Å². The van der Waals surface area contributed by atoms with Crippen LogP contribution in [0.5, 0.6) is 0 Å². The summed E-state index contributed by atoms with van der Waals surface area (Å²) in [6, 6.07) is 10.1. The topological polar surface area (TPSA) is 73.0 Å². The standard InChI is InChI=1S/C19H22N4O2S/c1-12(2)15-5-7-16(8-6-15)23-10-9-20-19(23)26-14(4)18(24)21-17-11-13(3)22-25-17/h5-12,14H,1-4H3,(H,21,24). The van der Waals surface area contributed by atoms with Crippen LogP contribution < -0.4 is 5.32 Å². The van der Waals surface area contributed by atoms with E-state index in [1.165, 1.54) is 17.3 Å². The van der Waals surface area contributed by atoms with Crippen molar-refractivity contribution in [1.82, 2.24) is 14.7 Å². The van der Waals surface area contributed by atoms with E-state index in [9.17, 15) is 4.79 Å². The van der Waals surface area contributed by atoms with E-state index in [1.54, 1.807) is 19.2 Å². The number of imidazole rings is 1. The molecule has 26 heavy (non-hydrogen) atoms. The molecular formula is C19H22N4O2S. The number of hydrogen-bond acceptors (Lipinski definition) is 5. The predicted molar refractivity (Wildman–Crippen MR) is 103 cm³/mol. The number of carbonyl (C=O) groups is 1. The zero-order valence-electron chi connectivity index (χ0n) is 15.3. The van der Waals surface area contributed by atoms with E-state index in [4.69, 9.17) is 4.52 Å². The maximum atomic E-state index is 12.4. The molecule has 2 heterocycles. The van der Waals surface area contributed by atoms with Gasteiger partial charge in [0.1, 0.15) is 0 Å². The molecule has 1 unspecified atom stereocenters. The highest BCUT2D eigenvalue weighted by molar-refractivity contribution is 8.00. The Kier molecular flexibility index (Phi) is 5.46. The summed E-state index contributed by atoms with van der Waals surface area (Å²) in [7, 11) is 0. The second kappa shape index (κ2) is 7.78. The summed E-state index contributed by atoms with van der Waals surface area (Å²) in [6.45, 7) is 7.98. The molecule has 1 aromatic carbocycles. The van der Waals surface area contributed by atoms with Crippen LogP contribution in [0.4, 0.5) is 5.88 Å². The zero-order chi connectivity index (χ0) is 18.7. The average molecular weight is 370 g/mol. The molecule has 6 nitrogen and oxygen atoms in total. The number of aromatic nitrogens is 3. The number of benzene rings is 1. The van der Waals surface area contributed by atoms with Gasteiger partial charge in [0.05, 0.1) is 10.9 Å². The van der Waals surface area contributed by atoms with Gasteiger partial charge in [0, 0.05) is 24.1 Å². The number of nitrogens with one attached hydrogen (secondary N) is 1. The summed E-state index contributed by atoms with van der Waals surface area (Å²) in [4.78, 5) is 16.8. The van der Waals surface area contributed by atoms with Crippen LogP contribution in [-0.2, 0) is 4.79 Å². The first kappa shape index (κ1) is 18.3. The van der Waals surface area contributed by atoms with E-state index in [1.807, 2.05) is 17.7 Å². The van der Waals surface area contributed by atoms with Crippen LogP contribution in [-0.4, -0.2) is 25.9 Å². The number of carbonyl (C=O) groups excluding carboxylic acids is 1. The lowest BCUT2D eigenvalue weighted by molar-refractivity contribution is -0.115. The van der Waals surface area contributed by atoms with Gasteiger partial charge in [-0.3, -0.25) is 14.7 Å². The van der Waals surface area contributed by atoms with Crippen LogP contribution in [0, 0.1) is 6.92 Å². The highest BCUT2D eigenvalue weighted by Crippen LogP contribution is 2.26. The number of anilines is 1. The Morgan fingerprint density at radius 1 is 1.23 bits per heavy atom. The summed E-state index contributed by atoms with van der Waals surface area (Å²) in [5.74, 6) is 0.688. The lowest BCUT2D eigenvalue weighted by Crippen LogP contribution is -2.22. The van der Waals surface area contributed by atoms with Crippen LogP contribution in [0.3, 0.4) is 0 Å². The van der Waals surface area contributed by atoms with Crippen LogP contribution in [0.15, 0.2) is 52.4 Å². The Hall–Kier alpha value is -2.54. The van der Waals surface area contributed by atoms with Crippen molar-refractivity contribution in [3.63, 3.8) is 0 Å². The van der Waals surface area contributed by atoms with Crippen LogP contribution in [0.2, 0.25) is 0 Å². The van der Waals surface area contributed by atoms with E-state index in [0.29, 0.717) is 11.8 Å². The maximum absolute atomic E-state index is 12.4. The Balaban J connectivity index is 1.70. The third kappa shape index (κ3) is 4.16. The minimum atomic E-state index is -0.337. The van der Waals surface area contributed by atoms with Crippen molar-refractivity contribution in [2.75, 3.05) is 5.32 Å². The van der Waals surface area contributed by atoms with Crippen molar-refractivity contribution in [1.29, 1.82) is 0 Å². The minimum absolute atomic E-state index is 0.157. The summed E-state index contributed by atoms with van der Waals surface area (Å²) in [6.07, 6.45) is 3.64. The molecule has 136 valence electrons. The Morgan fingerprint density at radius 3 is 2.58 bits per heavy atom. The van der Waals surface area contributed by atoms with Gasteiger partial charge >= 0.3 is 0 Å². The molecule has 0 aliphatic carbocycles. The molecule has 0 aliphatic rings. The van der Waals surface area contributed by atoms with Crippen LogP contribution in [0.1, 0.15) is 37.9 Å². The Bertz CT molecular complexity index is 883. The minimum Gasteiger partial charge on any atom is -0.338 e. The van der Waals surface area contributed by atoms with E-state index >= 15 is 0 Å². The molecule has 0 fully saturated rings. The van der Waals surface area contributed by atoms with Crippen LogP contribution >= 0.6 is 11.8 Å². The fraction of sp³-hybridized carbons (Fsp3) is 0.316. The van der Waals surface area contributed by atoms with Gasteiger partial charge in [-0.15, -0.1) is 0 Å². The first-order valence-electron chi connectivity index (χ1n) is 8.48. The fourth-order valence-corrected chi connectivity index (χ4v) is 3.33. The quantitative estimate of drug-likeness (QED) is 0.651. The van der Waals surface area contributed by atoms with Gasteiger partial charge < -0.3 is 4.52 Å². The molecule has 3 aromatic rings. The van der Waals surface area contributed by atoms with E-state index in [2.05, 4.69) is 53.6 Å². The second-order valence-electron chi connectivity index (χ2n) is 6.41. The summed E-state index contributed by atoms with van der Waals surface area (Å²) < 4.78 is 7.02. The highest BCUT2D eigenvalue weighted by atomic mass is 32.2. The van der Waals surface area contributed by atoms with Gasteiger partial charge in [-0.2, -0.15) is 0 Å². The molecule has 7 heteroatoms. The lowest BCUT2D eigenvalue weighted by atomic mass is 10.0. The number of amides is 1. The van der Waals surface area contributed by atoms with Crippen molar-refractivity contribution in [2.24, 2.45) is 0 Å². The molecule has 0 saturated carbocycles. The third-order valence-corrected chi connectivity index (χ3v) is 5.05. The number of rotatable bonds is 6. The second-order valence-corrected chi connectivity index (χ2v) is 7.72. The molecule has 0 radical (unpaired) electrons. The molecule has 2 aromatic heterocycles. The van der Waals surface area contributed by atoms with Crippen molar-refractivity contribution in [3.8, 4) is 5.69 Å². The molecule has 1 amide bonds. The number of nitrogens with zero attached hydrogens (tertiary/aromatic N) is 3. The van der Waals surface area contributed by atoms with Gasteiger partial charge in [-0.1, -0.05) is 42.9 Å². The first-order chi connectivity index (χ1) is 12.4. The predicted octanol–water partition coefficient (Wildman–Crippen LogP) is 4.41. The van der Waals surface area contributed by atoms with Crippen molar-refractivity contribution in [3.05, 3.63) is 54.0 Å². The van der Waals surface area contributed by atoms with Crippen molar-refractivity contribution >= 4 is 23.6 Å². The molecular weight excluding hydrogens is 348 g/mol. The number of hydrogen-bond donors (Lipinski definition) is 1. The molecule has 3 rings (SSSR count). The molecule has 0 aliphatic heterocycles. The molecule has 1 N–H and O–H groups in total. The van der Waals surface area contributed by atoms with Gasteiger partial charge in [0.25, 0.3) is 0 Å². The van der Waals surface area contributed by atoms with E-state index < -0.39 is 0 Å². The van der Waals surface area contributed by atoms with E-state index in [0.717, 1.165) is 16.5 Å². The largest absolute Gasteiger partial charge is 0.338 e. The number of aryl methyl sites for hydroxylation is 1. The molecule has 0 saturated heterocycles. The monoisotopic (exact) mass is 370 g/mol. The molecule has 0 spiro atoms. The van der Waals surface area contributed by atoms with Gasteiger partial charge in [0.2, 0.25) is 11.8 Å². The van der Waals surface area contributed by atoms with Crippen molar-refractivity contribution < 1.29 is 9.32 Å². The SMILES string of the molecule is Cc1cc(NC(=O)C(C)Sc2nccn2-c2ccc(C(C)C)cc2)on1. The lowest BCUT2D eigenvalue weighted by Gasteiger charge is -2.13. The number of thioether (sulfide) groups is 1. The average Bonchev–Trinajstić information content (AvgIpc) is 3.23. The Morgan fingerprint density at radius 2 is 1.96 bits per heavy atom. The maximum Gasteiger partial charge on any atom is 0.240 e. The summed E-state index contributed by atoms with van der Waals surface area (Å²) in [5.41, 5.74) is 3.03. The fourth-order valence-electron chi connectivity index (χ4n) is 2.45. The third-order valence-electron chi connectivity index (χ3n) is 3.97. The summed E-state index contributed by atoms with van der Waals surface area (Å²) >= 11 is 1.39.